The molecular weight excluding hydrogens is 508 g/mol. The number of carboxylic acids is 1. The number of carbonyl (C=O) groups is 4. The Balaban J connectivity index is 1.74. The molecule has 1 aromatic heterocycles. The van der Waals surface area contributed by atoms with Gasteiger partial charge in [-0.25, -0.2) is 4.79 Å². The van der Waals surface area contributed by atoms with Gasteiger partial charge in [0.15, 0.2) is 5.96 Å². The van der Waals surface area contributed by atoms with Crippen LogP contribution in [0.25, 0.3) is 10.9 Å². The number of nitrogens with one attached hydrogen (secondary N) is 3. The van der Waals surface area contributed by atoms with E-state index in [1.54, 1.807) is 6.20 Å². The first-order chi connectivity index (χ1) is 18.6. The van der Waals surface area contributed by atoms with Crippen molar-refractivity contribution in [2.45, 2.75) is 56.3 Å². The maximum atomic E-state index is 13.4. The summed E-state index contributed by atoms with van der Waals surface area (Å²) in [5, 5.41) is 24.4. The molecule has 0 aliphatic carbocycles. The van der Waals surface area contributed by atoms with E-state index in [-0.39, 0.29) is 18.3 Å². The summed E-state index contributed by atoms with van der Waals surface area (Å²) in [6.07, 6.45) is 3.53. The van der Waals surface area contributed by atoms with Gasteiger partial charge < -0.3 is 47.9 Å². The highest BCUT2D eigenvalue weighted by Gasteiger charge is 2.38. The lowest BCUT2D eigenvalue weighted by molar-refractivity contribution is -0.144. The van der Waals surface area contributed by atoms with Crippen LogP contribution >= 0.6 is 0 Å². The number of H-pyrrole nitrogens is 1. The average Bonchev–Trinajstić information content (AvgIpc) is 3.56. The zero-order valence-electron chi connectivity index (χ0n) is 21.5. The van der Waals surface area contributed by atoms with Crippen molar-refractivity contribution in [1.29, 1.82) is 0 Å². The SMILES string of the molecule is NC(N)=NCCCC(N)C(=O)N1CCCC1C(=O)NC(Cc1c[nH]c2ccccc12)C(=O)NC(CO)C(=O)O. The Hall–Kier alpha value is -4.17. The molecule has 3 rings (SSSR count). The fourth-order valence-electron chi connectivity index (χ4n) is 4.61. The number of likely N-dealkylation sites (tertiary alicyclic amines) is 1. The highest BCUT2D eigenvalue weighted by Crippen LogP contribution is 2.22. The zero-order chi connectivity index (χ0) is 28.5. The minimum absolute atomic E-state index is 0.0460. The van der Waals surface area contributed by atoms with E-state index in [2.05, 4.69) is 20.6 Å². The van der Waals surface area contributed by atoms with Gasteiger partial charge in [-0.1, -0.05) is 18.2 Å². The maximum absolute atomic E-state index is 13.4. The predicted octanol–water partition coefficient (Wildman–Crippen LogP) is -1.87. The molecule has 39 heavy (non-hydrogen) atoms. The predicted molar refractivity (Wildman–Crippen MR) is 143 cm³/mol. The number of carboxylic acid groups (broad SMARTS) is 1. The fraction of sp³-hybridized carbons (Fsp3) is 0.480. The summed E-state index contributed by atoms with van der Waals surface area (Å²) in [6, 6.07) is 3.01. The number of aromatic nitrogens is 1. The molecule has 0 saturated carbocycles. The van der Waals surface area contributed by atoms with E-state index in [4.69, 9.17) is 17.2 Å². The Labute approximate surface area is 225 Å². The fourth-order valence-corrected chi connectivity index (χ4v) is 4.61. The monoisotopic (exact) mass is 544 g/mol. The minimum atomic E-state index is -1.54. The zero-order valence-corrected chi connectivity index (χ0v) is 21.5. The molecule has 1 saturated heterocycles. The molecule has 4 atom stereocenters. The van der Waals surface area contributed by atoms with E-state index in [1.807, 2.05) is 24.3 Å². The molecule has 11 N–H and O–H groups in total. The van der Waals surface area contributed by atoms with Gasteiger partial charge >= 0.3 is 5.97 Å². The first kappa shape index (κ1) is 29.4. The van der Waals surface area contributed by atoms with Gasteiger partial charge in [-0.15, -0.1) is 0 Å². The quantitative estimate of drug-likeness (QED) is 0.0798. The lowest BCUT2D eigenvalue weighted by atomic mass is 10.0. The van der Waals surface area contributed by atoms with Crippen LogP contribution in [0.15, 0.2) is 35.5 Å². The first-order valence-corrected chi connectivity index (χ1v) is 12.7. The number of benzene rings is 1. The number of fused-ring (bicyclic) bond motifs is 1. The largest absolute Gasteiger partial charge is 0.480 e. The second-order valence-electron chi connectivity index (χ2n) is 9.45. The number of amides is 3. The second kappa shape index (κ2) is 13.6. The molecule has 212 valence electrons. The van der Waals surface area contributed by atoms with Gasteiger partial charge in [-0.2, -0.15) is 0 Å². The number of nitrogens with zero attached hydrogens (tertiary/aromatic N) is 2. The topological polar surface area (TPSA) is 242 Å². The van der Waals surface area contributed by atoms with Gasteiger partial charge in [0.05, 0.1) is 12.6 Å². The van der Waals surface area contributed by atoms with Crippen LogP contribution in [0, 0.1) is 0 Å². The number of rotatable bonds is 13. The summed E-state index contributed by atoms with van der Waals surface area (Å²) in [5.74, 6) is -3.18. The van der Waals surface area contributed by atoms with Gasteiger partial charge in [0.1, 0.15) is 18.1 Å². The molecule has 4 unspecified atom stereocenters. The number of aliphatic hydroxyl groups excluding tert-OH is 1. The number of nitrogens with two attached hydrogens (primary N) is 3. The number of hydrogen-bond acceptors (Lipinski definition) is 7. The standard InChI is InChI=1S/C25H36N8O6/c26-16(6-3-9-29-25(27)28)23(37)33-10-4-8-20(33)22(36)31-18(21(35)32-19(13-34)24(38)39)11-14-12-30-17-7-2-1-5-15(14)17/h1-2,5,7,12,16,18-20,30,34H,3-4,6,8-11,13,26H2,(H,31,36)(H,32,35)(H,38,39)(H4,27,28,29). The molecule has 0 radical (unpaired) electrons. The normalized spacial score (nSPS) is 17.3. The Morgan fingerprint density at radius 1 is 1.15 bits per heavy atom. The van der Waals surface area contributed by atoms with E-state index >= 15 is 0 Å². The molecule has 14 nitrogen and oxygen atoms in total. The minimum Gasteiger partial charge on any atom is -0.480 e. The van der Waals surface area contributed by atoms with E-state index in [9.17, 15) is 29.4 Å². The van der Waals surface area contributed by atoms with Crippen molar-refractivity contribution < 1.29 is 29.4 Å². The molecule has 2 heterocycles. The third kappa shape index (κ3) is 7.67. The summed E-state index contributed by atoms with van der Waals surface area (Å²) in [6.45, 7) is -0.159. The van der Waals surface area contributed by atoms with Crippen molar-refractivity contribution in [3.8, 4) is 0 Å². The number of aliphatic imine (C=N–C) groups is 1. The van der Waals surface area contributed by atoms with Crippen LogP contribution in [0.1, 0.15) is 31.2 Å². The van der Waals surface area contributed by atoms with Crippen molar-refractivity contribution in [3.63, 3.8) is 0 Å². The van der Waals surface area contributed by atoms with Crippen LogP contribution in [-0.2, 0) is 25.6 Å². The lowest BCUT2D eigenvalue weighted by Crippen LogP contribution is -2.57. The number of hydrogen-bond donors (Lipinski definition) is 8. The number of guanidine groups is 1. The molecule has 0 bridgehead atoms. The van der Waals surface area contributed by atoms with Gasteiger partial charge in [0.2, 0.25) is 17.7 Å². The molecule has 14 heteroatoms. The molecule has 3 amide bonds. The molecule has 1 fully saturated rings. The smallest absolute Gasteiger partial charge is 0.328 e. The Morgan fingerprint density at radius 3 is 2.59 bits per heavy atom. The molecule has 1 aliphatic heterocycles. The highest BCUT2D eigenvalue weighted by atomic mass is 16.4. The van der Waals surface area contributed by atoms with Crippen LogP contribution in [-0.4, -0.2) is 93.6 Å². The Kier molecular flexibility index (Phi) is 10.2. The maximum Gasteiger partial charge on any atom is 0.328 e. The molecule has 1 aliphatic rings. The summed E-state index contributed by atoms with van der Waals surface area (Å²) in [4.78, 5) is 59.3. The van der Waals surface area contributed by atoms with Gasteiger partial charge in [0.25, 0.3) is 0 Å². The highest BCUT2D eigenvalue weighted by molar-refractivity contribution is 5.95. The summed E-state index contributed by atoms with van der Waals surface area (Å²) in [5.41, 5.74) is 18.3. The van der Waals surface area contributed by atoms with E-state index in [0.29, 0.717) is 38.8 Å². The third-order valence-corrected chi connectivity index (χ3v) is 6.65. The first-order valence-electron chi connectivity index (χ1n) is 12.7. The second-order valence-corrected chi connectivity index (χ2v) is 9.45. The van der Waals surface area contributed by atoms with Gasteiger partial charge in [-0.3, -0.25) is 19.4 Å². The van der Waals surface area contributed by atoms with Crippen molar-refractivity contribution >= 4 is 40.6 Å². The van der Waals surface area contributed by atoms with E-state index in [0.717, 1.165) is 16.5 Å². The molecule has 2 aromatic rings. The van der Waals surface area contributed by atoms with E-state index < -0.39 is 48.6 Å². The summed E-state index contributed by atoms with van der Waals surface area (Å²) in [7, 11) is 0. The average molecular weight is 545 g/mol. The number of aromatic amines is 1. The van der Waals surface area contributed by atoms with Gasteiger partial charge in [0, 0.05) is 36.6 Å². The molecule has 1 aromatic carbocycles. The number of para-hydroxylation sites is 1. The van der Waals surface area contributed by atoms with Crippen LogP contribution in [0.4, 0.5) is 0 Å². The Bertz CT molecular complexity index is 1210. The number of carbonyl (C=O) groups excluding carboxylic acids is 3. The van der Waals surface area contributed by atoms with Crippen LogP contribution in [0.2, 0.25) is 0 Å². The summed E-state index contributed by atoms with van der Waals surface area (Å²) >= 11 is 0. The lowest BCUT2D eigenvalue weighted by Gasteiger charge is -2.28. The molecular formula is C25H36N8O6. The number of aliphatic hydroxyl groups is 1. The van der Waals surface area contributed by atoms with E-state index in [1.165, 1.54) is 4.90 Å². The summed E-state index contributed by atoms with van der Waals surface area (Å²) < 4.78 is 0. The molecule has 0 spiro atoms. The van der Waals surface area contributed by atoms with Crippen LogP contribution in [0.3, 0.4) is 0 Å². The van der Waals surface area contributed by atoms with Crippen molar-refractivity contribution in [3.05, 3.63) is 36.0 Å². The third-order valence-electron chi connectivity index (χ3n) is 6.65. The van der Waals surface area contributed by atoms with Crippen molar-refractivity contribution in [2.75, 3.05) is 19.7 Å². The van der Waals surface area contributed by atoms with Crippen molar-refractivity contribution in [1.82, 2.24) is 20.5 Å². The number of aliphatic carboxylic acids is 1. The van der Waals surface area contributed by atoms with Crippen LogP contribution in [0.5, 0.6) is 0 Å². The Morgan fingerprint density at radius 2 is 1.90 bits per heavy atom. The van der Waals surface area contributed by atoms with Crippen LogP contribution < -0.4 is 27.8 Å². The van der Waals surface area contributed by atoms with Gasteiger partial charge in [-0.05, 0) is 37.3 Å². The van der Waals surface area contributed by atoms with Crippen molar-refractivity contribution in [2.24, 2.45) is 22.2 Å².